The van der Waals surface area contributed by atoms with Gasteiger partial charge in [-0.25, -0.2) is 4.79 Å². The quantitative estimate of drug-likeness (QED) is 0.815. The molecule has 0 aliphatic heterocycles. The summed E-state index contributed by atoms with van der Waals surface area (Å²) in [6, 6.07) is 13.8. The molecule has 0 saturated heterocycles. The Kier molecular flexibility index (Phi) is 4.60. The molecule has 0 radical (unpaired) electrons. The van der Waals surface area contributed by atoms with Gasteiger partial charge in [-0.15, -0.1) is 0 Å². The standard InChI is InChI=1S/C16H15NO3/c18-15(16(19)20)11-14-10-13(8-9-17-14)7-6-12-4-2-1-3-5-12/h1-5,8-10H,6-7,11H2,(H,19,20). The normalized spacial score (nSPS) is 10.2. The van der Waals surface area contributed by atoms with Crippen molar-refractivity contribution in [2.24, 2.45) is 0 Å². The van der Waals surface area contributed by atoms with Crippen LogP contribution in [0.2, 0.25) is 0 Å². The molecule has 1 heterocycles. The molecule has 1 N–H and O–H groups in total. The number of Topliss-reactive ketones (excluding diaryl/α,β-unsaturated/α-hetero) is 1. The van der Waals surface area contributed by atoms with Gasteiger partial charge in [-0.2, -0.15) is 0 Å². The summed E-state index contributed by atoms with van der Waals surface area (Å²) < 4.78 is 0. The molecule has 0 saturated carbocycles. The second-order valence-electron chi connectivity index (χ2n) is 4.55. The average Bonchev–Trinajstić information content (AvgIpc) is 2.46. The number of pyridine rings is 1. The first-order valence-electron chi connectivity index (χ1n) is 6.39. The van der Waals surface area contributed by atoms with E-state index in [1.807, 2.05) is 24.3 Å². The van der Waals surface area contributed by atoms with Gasteiger partial charge in [0.1, 0.15) is 0 Å². The van der Waals surface area contributed by atoms with Crippen molar-refractivity contribution >= 4 is 11.8 Å². The zero-order valence-electron chi connectivity index (χ0n) is 11.0. The first kappa shape index (κ1) is 13.9. The van der Waals surface area contributed by atoms with Crippen molar-refractivity contribution in [3.05, 3.63) is 65.5 Å². The fourth-order valence-electron chi connectivity index (χ4n) is 1.95. The van der Waals surface area contributed by atoms with Crippen LogP contribution in [0.1, 0.15) is 16.8 Å². The van der Waals surface area contributed by atoms with Gasteiger partial charge in [0.25, 0.3) is 0 Å². The highest BCUT2D eigenvalue weighted by Crippen LogP contribution is 2.08. The van der Waals surface area contributed by atoms with E-state index in [1.54, 1.807) is 12.3 Å². The molecule has 1 aromatic heterocycles. The zero-order valence-corrected chi connectivity index (χ0v) is 11.0. The number of ketones is 1. The van der Waals surface area contributed by atoms with Gasteiger partial charge < -0.3 is 5.11 Å². The van der Waals surface area contributed by atoms with Crippen molar-refractivity contribution in [3.8, 4) is 0 Å². The van der Waals surface area contributed by atoms with E-state index in [0.29, 0.717) is 5.69 Å². The van der Waals surface area contributed by atoms with Crippen LogP contribution < -0.4 is 0 Å². The molecule has 0 spiro atoms. The number of carbonyl (C=O) groups is 2. The Labute approximate surface area is 117 Å². The smallest absolute Gasteiger partial charge is 0.372 e. The number of hydrogen-bond acceptors (Lipinski definition) is 3. The van der Waals surface area contributed by atoms with E-state index in [0.717, 1.165) is 18.4 Å². The summed E-state index contributed by atoms with van der Waals surface area (Å²) in [5, 5.41) is 8.59. The monoisotopic (exact) mass is 269 g/mol. The van der Waals surface area contributed by atoms with E-state index >= 15 is 0 Å². The molecule has 20 heavy (non-hydrogen) atoms. The zero-order chi connectivity index (χ0) is 14.4. The summed E-state index contributed by atoms with van der Waals surface area (Å²) in [5.41, 5.74) is 2.80. The molecule has 4 nitrogen and oxygen atoms in total. The van der Waals surface area contributed by atoms with Crippen LogP contribution >= 0.6 is 0 Å². The van der Waals surface area contributed by atoms with Gasteiger partial charge in [0, 0.05) is 11.9 Å². The highest BCUT2D eigenvalue weighted by molar-refractivity contribution is 6.33. The third kappa shape index (κ3) is 4.02. The number of carboxylic acid groups (broad SMARTS) is 1. The Bertz CT molecular complexity index is 608. The van der Waals surface area contributed by atoms with Gasteiger partial charge in [-0.3, -0.25) is 9.78 Å². The van der Waals surface area contributed by atoms with Crippen molar-refractivity contribution in [2.45, 2.75) is 19.3 Å². The number of hydrogen-bond donors (Lipinski definition) is 1. The van der Waals surface area contributed by atoms with Crippen molar-refractivity contribution in [2.75, 3.05) is 0 Å². The minimum Gasteiger partial charge on any atom is -0.475 e. The lowest BCUT2D eigenvalue weighted by Gasteiger charge is -2.04. The first-order chi connectivity index (χ1) is 9.65. The van der Waals surface area contributed by atoms with Crippen LogP contribution in [0.3, 0.4) is 0 Å². The highest BCUT2D eigenvalue weighted by atomic mass is 16.4. The van der Waals surface area contributed by atoms with Crippen LogP contribution in [0.25, 0.3) is 0 Å². The fourth-order valence-corrected chi connectivity index (χ4v) is 1.95. The predicted octanol–water partition coefficient (Wildman–Crippen LogP) is 2.06. The number of aromatic nitrogens is 1. The molecule has 0 amide bonds. The molecular weight excluding hydrogens is 254 g/mol. The SMILES string of the molecule is O=C(O)C(=O)Cc1cc(CCc2ccccc2)ccn1. The number of nitrogens with zero attached hydrogens (tertiary/aromatic N) is 1. The van der Waals surface area contributed by atoms with E-state index in [1.165, 1.54) is 5.56 Å². The van der Waals surface area contributed by atoms with Gasteiger partial charge in [-0.1, -0.05) is 30.3 Å². The minimum atomic E-state index is -1.42. The molecule has 0 aliphatic carbocycles. The topological polar surface area (TPSA) is 67.3 Å². The molecule has 2 rings (SSSR count). The van der Waals surface area contributed by atoms with Gasteiger partial charge in [0.05, 0.1) is 6.42 Å². The Morgan fingerprint density at radius 1 is 1.00 bits per heavy atom. The van der Waals surface area contributed by atoms with Crippen LogP contribution in [-0.4, -0.2) is 21.8 Å². The average molecular weight is 269 g/mol. The summed E-state index contributed by atoms with van der Waals surface area (Å²) in [4.78, 5) is 25.7. The molecule has 102 valence electrons. The number of aryl methyl sites for hydroxylation is 2. The summed E-state index contributed by atoms with van der Waals surface area (Å²) >= 11 is 0. The molecule has 0 atom stereocenters. The molecule has 0 fully saturated rings. The number of aliphatic carboxylic acids is 1. The molecule has 4 heteroatoms. The van der Waals surface area contributed by atoms with Crippen molar-refractivity contribution < 1.29 is 14.7 Å². The van der Waals surface area contributed by atoms with Crippen LogP contribution in [-0.2, 0) is 28.9 Å². The first-order valence-corrected chi connectivity index (χ1v) is 6.39. The van der Waals surface area contributed by atoms with E-state index in [9.17, 15) is 9.59 Å². The second-order valence-corrected chi connectivity index (χ2v) is 4.55. The van der Waals surface area contributed by atoms with Gasteiger partial charge in [0.2, 0.25) is 5.78 Å². The summed E-state index contributed by atoms with van der Waals surface area (Å²) in [7, 11) is 0. The molecule has 0 aliphatic rings. The van der Waals surface area contributed by atoms with Gasteiger partial charge in [-0.05, 0) is 36.1 Å². The lowest BCUT2D eigenvalue weighted by Crippen LogP contribution is -2.15. The Balaban J connectivity index is 1.99. The Morgan fingerprint density at radius 2 is 1.70 bits per heavy atom. The number of carboxylic acids is 1. The Hall–Kier alpha value is -2.49. The summed E-state index contributed by atoms with van der Waals surface area (Å²) in [6.07, 6.45) is 3.19. The van der Waals surface area contributed by atoms with Crippen LogP contribution in [0.4, 0.5) is 0 Å². The third-order valence-electron chi connectivity index (χ3n) is 3.01. The number of rotatable bonds is 6. The maximum absolute atomic E-state index is 11.2. The largest absolute Gasteiger partial charge is 0.475 e. The van der Waals surface area contributed by atoms with Crippen LogP contribution in [0, 0.1) is 0 Å². The predicted molar refractivity (Wildman–Crippen MR) is 74.4 cm³/mol. The molecule has 0 bridgehead atoms. The van der Waals surface area contributed by atoms with Crippen molar-refractivity contribution in [3.63, 3.8) is 0 Å². The number of benzene rings is 1. The molecule has 0 unspecified atom stereocenters. The van der Waals surface area contributed by atoms with Crippen LogP contribution in [0.5, 0.6) is 0 Å². The summed E-state index contributed by atoms with van der Waals surface area (Å²) in [6.45, 7) is 0. The minimum absolute atomic E-state index is 0.158. The van der Waals surface area contributed by atoms with E-state index < -0.39 is 11.8 Å². The third-order valence-corrected chi connectivity index (χ3v) is 3.01. The Morgan fingerprint density at radius 3 is 2.40 bits per heavy atom. The highest BCUT2D eigenvalue weighted by Gasteiger charge is 2.13. The lowest BCUT2D eigenvalue weighted by molar-refractivity contribution is -0.148. The van der Waals surface area contributed by atoms with Gasteiger partial charge in [0.15, 0.2) is 0 Å². The molecular formula is C16H15NO3. The lowest BCUT2D eigenvalue weighted by atomic mass is 10.0. The summed E-state index contributed by atoms with van der Waals surface area (Å²) in [5.74, 6) is -2.25. The maximum atomic E-state index is 11.2. The number of carbonyl (C=O) groups excluding carboxylic acids is 1. The second kappa shape index (κ2) is 6.61. The maximum Gasteiger partial charge on any atom is 0.372 e. The van der Waals surface area contributed by atoms with E-state index in [2.05, 4.69) is 17.1 Å². The van der Waals surface area contributed by atoms with Crippen molar-refractivity contribution in [1.82, 2.24) is 4.98 Å². The van der Waals surface area contributed by atoms with Crippen molar-refractivity contribution in [1.29, 1.82) is 0 Å². The molecule has 2 aromatic rings. The molecule has 1 aromatic carbocycles. The van der Waals surface area contributed by atoms with Crippen LogP contribution in [0.15, 0.2) is 48.7 Å². The van der Waals surface area contributed by atoms with E-state index in [4.69, 9.17) is 5.11 Å². The van der Waals surface area contributed by atoms with E-state index in [-0.39, 0.29) is 6.42 Å². The van der Waals surface area contributed by atoms with Gasteiger partial charge >= 0.3 is 5.97 Å². The fraction of sp³-hybridized carbons (Fsp3) is 0.188.